The average Bonchev–Trinajstić information content (AvgIpc) is 2.37. The van der Waals surface area contributed by atoms with Crippen molar-refractivity contribution >= 4 is 40.8 Å². The number of rotatable bonds is 3. The summed E-state index contributed by atoms with van der Waals surface area (Å²) in [6.45, 7) is 0. The summed E-state index contributed by atoms with van der Waals surface area (Å²) in [6, 6.07) is 4.50. The van der Waals surface area contributed by atoms with Crippen LogP contribution in [0.25, 0.3) is 11.1 Å². The maximum Gasteiger partial charge on any atom is 0.307 e. The highest BCUT2D eigenvalue weighted by Crippen LogP contribution is 2.34. The maximum absolute atomic E-state index is 11.8. The third-order valence-electron chi connectivity index (χ3n) is 2.61. The van der Waals surface area contributed by atoms with E-state index in [1.54, 1.807) is 0 Å². The molecular formula is C13H8Cl3NO3. The van der Waals surface area contributed by atoms with Gasteiger partial charge in [-0.1, -0.05) is 34.8 Å². The van der Waals surface area contributed by atoms with Crippen LogP contribution in [0, 0.1) is 0 Å². The third-order valence-corrected chi connectivity index (χ3v) is 3.81. The lowest BCUT2D eigenvalue weighted by atomic mass is 10.0. The molecule has 0 bridgehead atoms. The largest absolute Gasteiger partial charge is 0.481 e. The van der Waals surface area contributed by atoms with Crippen LogP contribution in [0.3, 0.4) is 0 Å². The van der Waals surface area contributed by atoms with Gasteiger partial charge < -0.3 is 10.1 Å². The number of carbonyl (C=O) groups is 1. The molecule has 7 heteroatoms. The van der Waals surface area contributed by atoms with E-state index in [0.29, 0.717) is 11.1 Å². The molecular weight excluding hydrogens is 325 g/mol. The SMILES string of the molecule is O=C(O)Cc1c[nH]c(=O)c(-c2cc(Cl)c(Cl)c(Cl)c2)c1. The fourth-order valence-electron chi connectivity index (χ4n) is 1.73. The fraction of sp³-hybridized carbons (Fsp3) is 0.0769. The summed E-state index contributed by atoms with van der Waals surface area (Å²) >= 11 is 17.7. The normalized spacial score (nSPS) is 10.6. The van der Waals surface area contributed by atoms with Crippen LogP contribution < -0.4 is 5.56 Å². The van der Waals surface area contributed by atoms with E-state index in [1.165, 1.54) is 24.4 Å². The number of H-pyrrole nitrogens is 1. The van der Waals surface area contributed by atoms with Gasteiger partial charge in [-0.05, 0) is 29.3 Å². The van der Waals surface area contributed by atoms with Crippen molar-refractivity contribution < 1.29 is 9.90 Å². The highest BCUT2D eigenvalue weighted by molar-refractivity contribution is 6.48. The van der Waals surface area contributed by atoms with Gasteiger partial charge in [-0.2, -0.15) is 0 Å². The maximum atomic E-state index is 11.8. The third kappa shape index (κ3) is 3.15. The Morgan fingerprint density at radius 1 is 1.15 bits per heavy atom. The van der Waals surface area contributed by atoms with Crippen molar-refractivity contribution in [3.8, 4) is 11.1 Å². The summed E-state index contributed by atoms with van der Waals surface area (Å²) in [5.41, 5.74) is 0.852. The Labute approximate surface area is 128 Å². The van der Waals surface area contributed by atoms with Gasteiger partial charge in [-0.15, -0.1) is 0 Å². The van der Waals surface area contributed by atoms with Crippen molar-refractivity contribution in [2.24, 2.45) is 0 Å². The van der Waals surface area contributed by atoms with E-state index in [1.807, 2.05) is 0 Å². The molecule has 4 nitrogen and oxygen atoms in total. The molecule has 0 unspecified atom stereocenters. The first-order chi connectivity index (χ1) is 9.38. The first-order valence-electron chi connectivity index (χ1n) is 5.47. The number of hydrogen-bond donors (Lipinski definition) is 2. The molecule has 2 rings (SSSR count). The molecule has 0 radical (unpaired) electrons. The molecule has 0 aliphatic carbocycles. The lowest BCUT2D eigenvalue weighted by molar-refractivity contribution is -0.136. The predicted octanol–water partition coefficient (Wildman–Crippen LogP) is 3.63. The number of aromatic nitrogens is 1. The first-order valence-corrected chi connectivity index (χ1v) is 6.60. The molecule has 0 saturated heterocycles. The zero-order valence-electron chi connectivity index (χ0n) is 9.91. The van der Waals surface area contributed by atoms with Crippen LogP contribution in [-0.4, -0.2) is 16.1 Å². The molecule has 0 saturated carbocycles. The molecule has 0 atom stereocenters. The Morgan fingerprint density at radius 3 is 2.30 bits per heavy atom. The molecule has 0 aliphatic heterocycles. The summed E-state index contributed by atoms with van der Waals surface area (Å²) in [5, 5.41) is 9.41. The quantitative estimate of drug-likeness (QED) is 0.843. The molecule has 2 aromatic rings. The van der Waals surface area contributed by atoms with Crippen LogP contribution >= 0.6 is 34.8 Å². The standard InChI is InChI=1S/C13H8Cl3NO3/c14-9-3-7(4-10(15)12(9)16)8-1-6(2-11(18)19)5-17-13(8)20/h1,3-5H,2H2,(H,17,20)(H,18,19). The lowest BCUT2D eigenvalue weighted by Crippen LogP contribution is -2.11. The number of nitrogens with one attached hydrogen (secondary N) is 1. The smallest absolute Gasteiger partial charge is 0.307 e. The number of hydrogen-bond acceptors (Lipinski definition) is 2. The zero-order chi connectivity index (χ0) is 14.9. The van der Waals surface area contributed by atoms with Crippen LogP contribution in [-0.2, 0) is 11.2 Å². The Bertz CT molecular complexity index is 717. The van der Waals surface area contributed by atoms with Gasteiger partial charge in [0.15, 0.2) is 0 Å². The number of carboxylic acids is 1. The molecule has 1 heterocycles. The molecule has 0 fully saturated rings. The van der Waals surface area contributed by atoms with Gasteiger partial charge in [-0.25, -0.2) is 0 Å². The molecule has 104 valence electrons. The molecule has 1 aromatic carbocycles. The number of carboxylic acid groups (broad SMARTS) is 1. The molecule has 0 spiro atoms. The topological polar surface area (TPSA) is 70.2 Å². The van der Waals surface area contributed by atoms with Crippen molar-refractivity contribution in [2.75, 3.05) is 0 Å². The van der Waals surface area contributed by atoms with Crippen molar-refractivity contribution in [2.45, 2.75) is 6.42 Å². The Hall–Kier alpha value is -1.49. The number of halogens is 3. The number of aromatic amines is 1. The second kappa shape index (κ2) is 5.87. The van der Waals surface area contributed by atoms with E-state index >= 15 is 0 Å². The molecule has 20 heavy (non-hydrogen) atoms. The lowest BCUT2D eigenvalue weighted by Gasteiger charge is -2.06. The monoisotopic (exact) mass is 331 g/mol. The number of aliphatic carboxylic acids is 1. The van der Waals surface area contributed by atoms with Gasteiger partial charge in [-0.3, -0.25) is 9.59 Å². The summed E-state index contributed by atoms with van der Waals surface area (Å²) in [7, 11) is 0. The van der Waals surface area contributed by atoms with Crippen molar-refractivity contribution in [3.05, 3.63) is 55.4 Å². The van der Waals surface area contributed by atoms with Gasteiger partial charge >= 0.3 is 5.97 Å². The number of pyridine rings is 1. The van der Waals surface area contributed by atoms with E-state index in [0.717, 1.165) is 0 Å². The van der Waals surface area contributed by atoms with E-state index in [9.17, 15) is 9.59 Å². The van der Waals surface area contributed by atoms with Crippen molar-refractivity contribution in [1.29, 1.82) is 0 Å². The minimum atomic E-state index is -0.991. The van der Waals surface area contributed by atoms with Gasteiger partial charge in [0.1, 0.15) is 0 Å². The predicted molar refractivity (Wildman–Crippen MR) is 78.9 cm³/mol. The van der Waals surface area contributed by atoms with Gasteiger partial charge in [0.2, 0.25) is 0 Å². The molecule has 2 N–H and O–H groups in total. The van der Waals surface area contributed by atoms with Crippen LogP contribution in [0.4, 0.5) is 0 Å². The Balaban J connectivity index is 2.57. The second-order valence-electron chi connectivity index (χ2n) is 4.08. The highest BCUT2D eigenvalue weighted by atomic mass is 35.5. The van der Waals surface area contributed by atoms with Gasteiger partial charge in [0.25, 0.3) is 5.56 Å². The second-order valence-corrected chi connectivity index (χ2v) is 5.27. The minimum absolute atomic E-state index is 0.196. The van der Waals surface area contributed by atoms with E-state index < -0.39 is 5.97 Å². The van der Waals surface area contributed by atoms with Crippen LogP contribution in [0.15, 0.2) is 29.2 Å². The van der Waals surface area contributed by atoms with Crippen LogP contribution in [0.2, 0.25) is 15.1 Å². The highest BCUT2D eigenvalue weighted by Gasteiger charge is 2.11. The molecule has 0 aliphatic rings. The fourth-order valence-corrected chi connectivity index (χ4v) is 2.33. The number of benzene rings is 1. The Kier molecular flexibility index (Phi) is 4.38. The van der Waals surface area contributed by atoms with Crippen molar-refractivity contribution in [1.82, 2.24) is 4.98 Å². The first kappa shape index (κ1) is 14.9. The van der Waals surface area contributed by atoms with Crippen LogP contribution in [0.1, 0.15) is 5.56 Å². The zero-order valence-corrected chi connectivity index (χ0v) is 12.2. The summed E-state index contributed by atoms with van der Waals surface area (Å²) < 4.78 is 0. The van der Waals surface area contributed by atoms with Gasteiger partial charge in [0.05, 0.1) is 21.5 Å². The minimum Gasteiger partial charge on any atom is -0.481 e. The molecule has 0 amide bonds. The van der Waals surface area contributed by atoms with Crippen LogP contribution in [0.5, 0.6) is 0 Å². The van der Waals surface area contributed by atoms with E-state index in [-0.39, 0.29) is 32.6 Å². The summed E-state index contributed by atoms with van der Waals surface area (Å²) in [4.78, 5) is 25.0. The van der Waals surface area contributed by atoms with E-state index in [2.05, 4.69) is 4.98 Å². The van der Waals surface area contributed by atoms with E-state index in [4.69, 9.17) is 39.9 Å². The summed E-state index contributed by atoms with van der Waals surface area (Å²) in [6.07, 6.45) is 1.16. The van der Waals surface area contributed by atoms with Crippen molar-refractivity contribution in [3.63, 3.8) is 0 Å². The molecule has 1 aromatic heterocycles. The summed E-state index contributed by atoms with van der Waals surface area (Å²) in [5.74, 6) is -0.991. The van der Waals surface area contributed by atoms with Gasteiger partial charge in [0, 0.05) is 11.8 Å². The Morgan fingerprint density at radius 2 is 1.75 bits per heavy atom. The average molecular weight is 333 g/mol.